The van der Waals surface area contributed by atoms with Gasteiger partial charge < -0.3 is 10.6 Å². The van der Waals surface area contributed by atoms with Crippen molar-refractivity contribution in [1.82, 2.24) is 10.6 Å². The largest absolute Gasteiger partial charge is 0.356 e. The second-order valence-corrected chi connectivity index (χ2v) is 9.81. The predicted octanol–water partition coefficient (Wildman–Crippen LogP) is 3.73. The minimum absolute atomic E-state index is 0. The molecule has 1 fully saturated rings. The Hall–Kier alpha value is -0.830. The van der Waals surface area contributed by atoms with E-state index in [-0.39, 0.29) is 29.7 Å². The Labute approximate surface area is 181 Å². The molecule has 2 rings (SSSR count). The summed E-state index contributed by atoms with van der Waals surface area (Å²) in [5.41, 5.74) is 1.92. The van der Waals surface area contributed by atoms with Crippen LogP contribution in [-0.4, -0.2) is 34.2 Å². The summed E-state index contributed by atoms with van der Waals surface area (Å²) in [7, 11) is -1.20. The van der Waals surface area contributed by atoms with Crippen molar-refractivity contribution in [3.63, 3.8) is 0 Å². The highest BCUT2D eigenvalue weighted by atomic mass is 127. The molecule has 1 aliphatic carbocycles. The van der Waals surface area contributed by atoms with Gasteiger partial charge in [-0.3, -0.25) is 4.99 Å². The molecule has 0 spiro atoms. The first-order valence-corrected chi connectivity index (χ1v) is 11.6. The summed E-state index contributed by atoms with van der Waals surface area (Å²) < 4.78 is 22.7. The molecule has 1 saturated carbocycles. The van der Waals surface area contributed by atoms with Gasteiger partial charge in [-0.1, -0.05) is 50.5 Å². The fourth-order valence-electron chi connectivity index (χ4n) is 3.68. The summed E-state index contributed by atoms with van der Waals surface area (Å²) in [5.74, 6) is 2.61. The third-order valence-electron chi connectivity index (χ3n) is 5.03. The molecule has 0 bridgehead atoms. The van der Waals surface area contributed by atoms with Crippen LogP contribution in [0, 0.1) is 11.8 Å². The molecule has 0 saturated heterocycles. The molecular weight excluding hydrogens is 473 g/mol. The van der Waals surface area contributed by atoms with Crippen LogP contribution in [0.3, 0.4) is 0 Å². The summed E-state index contributed by atoms with van der Waals surface area (Å²) in [6.07, 6.45) is 7.92. The minimum Gasteiger partial charge on any atom is -0.356 e. The van der Waals surface area contributed by atoms with Gasteiger partial charge in [0.25, 0.3) is 0 Å². The van der Waals surface area contributed by atoms with Crippen LogP contribution in [0.1, 0.15) is 50.2 Å². The highest BCUT2D eigenvalue weighted by molar-refractivity contribution is 14.0. The van der Waals surface area contributed by atoms with Crippen molar-refractivity contribution < 1.29 is 8.42 Å². The van der Waals surface area contributed by atoms with Gasteiger partial charge in [0.05, 0.1) is 5.75 Å². The van der Waals surface area contributed by atoms with E-state index in [0.717, 1.165) is 35.5 Å². The van der Waals surface area contributed by atoms with Crippen LogP contribution in [0.5, 0.6) is 0 Å². The van der Waals surface area contributed by atoms with E-state index in [4.69, 9.17) is 0 Å². The van der Waals surface area contributed by atoms with Crippen LogP contribution in [0.15, 0.2) is 29.3 Å². The molecule has 2 N–H and O–H groups in total. The Balaban J connectivity index is 0.00000364. The number of benzene rings is 1. The first-order valence-electron chi connectivity index (χ1n) is 9.56. The van der Waals surface area contributed by atoms with Gasteiger partial charge in [-0.15, -0.1) is 24.0 Å². The zero-order chi connectivity index (χ0) is 19.0. The van der Waals surface area contributed by atoms with Gasteiger partial charge in [-0.25, -0.2) is 8.42 Å². The molecule has 0 aliphatic heterocycles. The van der Waals surface area contributed by atoms with E-state index in [1.54, 1.807) is 7.05 Å². The fraction of sp³-hybridized carbons (Fsp3) is 0.650. The molecule has 0 heterocycles. The topological polar surface area (TPSA) is 70.6 Å². The molecule has 2 unspecified atom stereocenters. The standard InChI is InChI=1S/C20H33N3O2S.HI/c1-16-5-4-6-17(13-16)11-12-22-20(21-2)23-14-18-7-9-19(10-8-18)15-26(3,24)25;/h7-10,16-17H,4-6,11-15H2,1-3H3,(H2,21,22,23);1H. The average Bonchev–Trinajstić information content (AvgIpc) is 2.58. The van der Waals surface area contributed by atoms with Gasteiger partial charge in [-0.05, 0) is 35.8 Å². The lowest BCUT2D eigenvalue weighted by Gasteiger charge is -2.26. The zero-order valence-electron chi connectivity index (χ0n) is 16.7. The molecule has 154 valence electrons. The average molecular weight is 507 g/mol. The van der Waals surface area contributed by atoms with Gasteiger partial charge in [0.2, 0.25) is 0 Å². The summed E-state index contributed by atoms with van der Waals surface area (Å²) in [6.45, 7) is 3.98. The van der Waals surface area contributed by atoms with E-state index in [1.807, 2.05) is 24.3 Å². The van der Waals surface area contributed by atoms with Gasteiger partial charge in [-0.2, -0.15) is 0 Å². The molecule has 0 radical (unpaired) electrons. The molecule has 7 heteroatoms. The number of halogens is 1. The Morgan fingerprint density at radius 2 is 1.81 bits per heavy atom. The van der Waals surface area contributed by atoms with E-state index in [9.17, 15) is 8.42 Å². The summed E-state index contributed by atoms with van der Waals surface area (Å²) in [6, 6.07) is 7.67. The third kappa shape index (κ3) is 9.78. The van der Waals surface area contributed by atoms with Crippen LogP contribution >= 0.6 is 24.0 Å². The van der Waals surface area contributed by atoms with E-state index < -0.39 is 9.84 Å². The zero-order valence-corrected chi connectivity index (χ0v) is 19.8. The monoisotopic (exact) mass is 507 g/mol. The van der Waals surface area contributed by atoms with Crippen LogP contribution in [0.2, 0.25) is 0 Å². The maximum atomic E-state index is 11.3. The van der Waals surface area contributed by atoms with Crippen molar-refractivity contribution in [2.24, 2.45) is 16.8 Å². The Morgan fingerprint density at radius 1 is 1.15 bits per heavy atom. The van der Waals surface area contributed by atoms with Crippen molar-refractivity contribution in [1.29, 1.82) is 0 Å². The van der Waals surface area contributed by atoms with Gasteiger partial charge in [0.1, 0.15) is 0 Å². The Morgan fingerprint density at radius 3 is 2.41 bits per heavy atom. The van der Waals surface area contributed by atoms with Crippen LogP contribution in [0.4, 0.5) is 0 Å². The van der Waals surface area contributed by atoms with E-state index in [2.05, 4.69) is 22.5 Å². The second-order valence-electron chi connectivity index (χ2n) is 7.67. The molecule has 1 aromatic carbocycles. The van der Waals surface area contributed by atoms with Gasteiger partial charge >= 0.3 is 0 Å². The number of hydrogen-bond acceptors (Lipinski definition) is 3. The molecule has 27 heavy (non-hydrogen) atoms. The Bertz CT molecular complexity index is 690. The number of guanidine groups is 1. The molecule has 1 aliphatic rings. The number of nitrogens with one attached hydrogen (secondary N) is 2. The number of aliphatic imine (C=N–C) groups is 1. The lowest BCUT2D eigenvalue weighted by atomic mass is 9.81. The lowest BCUT2D eigenvalue weighted by molar-refractivity contribution is 0.270. The van der Waals surface area contributed by atoms with E-state index in [0.29, 0.717) is 6.54 Å². The third-order valence-corrected chi connectivity index (χ3v) is 5.88. The summed E-state index contributed by atoms with van der Waals surface area (Å²) >= 11 is 0. The SMILES string of the molecule is CN=C(NCCC1CCCC(C)C1)NCc1ccc(CS(C)(=O)=O)cc1.I. The highest BCUT2D eigenvalue weighted by Crippen LogP contribution is 2.30. The molecule has 2 atom stereocenters. The van der Waals surface area contributed by atoms with Gasteiger partial charge in [0, 0.05) is 26.4 Å². The minimum atomic E-state index is -2.99. The first-order chi connectivity index (χ1) is 12.4. The lowest BCUT2D eigenvalue weighted by Crippen LogP contribution is -2.38. The Kier molecular flexibility index (Phi) is 10.7. The van der Waals surface area contributed by atoms with E-state index >= 15 is 0 Å². The maximum absolute atomic E-state index is 11.3. The van der Waals surface area contributed by atoms with Crippen molar-refractivity contribution in [3.8, 4) is 0 Å². The number of nitrogens with zero attached hydrogens (tertiary/aromatic N) is 1. The van der Waals surface area contributed by atoms with Crippen molar-refractivity contribution >= 4 is 39.8 Å². The normalized spacial score (nSPS) is 20.6. The number of hydrogen-bond donors (Lipinski definition) is 2. The molecule has 5 nitrogen and oxygen atoms in total. The van der Waals surface area contributed by atoms with Crippen molar-refractivity contribution in [2.75, 3.05) is 19.8 Å². The molecule has 1 aromatic rings. The maximum Gasteiger partial charge on any atom is 0.191 e. The van der Waals surface area contributed by atoms with Gasteiger partial charge in [0.15, 0.2) is 15.8 Å². The smallest absolute Gasteiger partial charge is 0.191 e. The van der Waals surface area contributed by atoms with Crippen molar-refractivity contribution in [3.05, 3.63) is 35.4 Å². The number of sulfone groups is 1. The fourth-order valence-corrected chi connectivity index (χ4v) is 4.48. The van der Waals surface area contributed by atoms with E-state index in [1.165, 1.54) is 38.4 Å². The van der Waals surface area contributed by atoms with Crippen LogP contribution < -0.4 is 10.6 Å². The van der Waals surface area contributed by atoms with Crippen molar-refractivity contribution in [2.45, 2.75) is 51.3 Å². The van der Waals surface area contributed by atoms with Crippen LogP contribution in [0.25, 0.3) is 0 Å². The molecule has 0 aromatic heterocycles. The second kappa shape index (κ2) is 11.9. The molecular formula is C20H34IN3O2S. The quantitative estimate of drug-likeness (QED) is 0.335. The van der Waals surface area contributed by atoms with Crippen LogP contribution in [-0.2, 0) is 22.1 Å². The first kappa shape index (κ1) is 24.2. The highest BCUT2D eigenvalue weighted by Gasteiger charge is 2.18. The summed E-state index contributed by atoms with van der Waals surface area (Å²) in [5, 5.41) is 6.72. The molecule has 0 amide bonds. The summed E-state index contributed by atoms with van der Waals surface area (Å²) in [4.78, 5) is 4.28. The number of rotatable bonds is 7. The predicted molar refractivity (Wildman–Crippen MR) is 124 cm³/mol.